The molecule has 0 aliphatic carbocycles. The molecule has 0 saturated carbocycles. The summed E-state index contributed by atoms with van der Waals surface area (Å²) in [5.41, 5.74) is 1.96. The molecule has 0 spiro atoms. The molecule has 7 nitrogen and oxygen atoms in total. The van der Waals surface area contributed by atoms with Gasteiger partial charge in [-0.15, -0.1) is 0 Å². The Labute approximate surface area is 192 Å². The van der Waals surface area contributed by atoms with Gasteiger partial charge in [0.15, 0.2) is 5.11 Å². The highest BCUT2D eigenvalue weighted by Gasteiger charge is 2.34. The second-order valence-corrected chi connectivity index (χ2v) is 7.79. The zero-order valence-corrected chi connectivity index (χ0v) is 18.2. The van der Waals surface area contributed by atoms with Gasteiger partial charge in [-0.2, -0.15) is 0 Å². The van der Waals surface area contributed by atoms with Crippen LogP contribution in [0, 0.1) is 6.92 Å². The number of anilines is 1. The molecule has 0 unspecified atom stereocenters. The average Bonchev–Trinajstić information content (AvgIpc) is 3.21. The predicted octanol–water partition coefficient (Wildman–Crippen LogP) is 4.44. The molecular weight excluding hydrogens is 452 g/mol. The van der Waals surface area contributed by atoms with Crippen LogP contribution in [0.3, 0.4) is 0 Å². The van der Waals surface area contributed by atoms with E-state index in [1.165, 1.54) is 30.3 Å². The molecule has 0 radical (unpaired) electrons. The summed E-state index contributed by atoms with van der Waals surface area (Å²) in [6.45, 7) is 1.92. The van der Waals surface area contributed by atoms with Gasteiger partial charge in [0.2, 0.25) is 0 Å². The molecule has 2 aromatic carbocycles. The second kappa shape index (κ2) is 8.41. The Morgan fingerprint density at radius 3 is 2.53 bits per heavy atom. The summed E-state index contributed by atoms with van der Waals surface area (Å²) in [5.74, 6) is -1.57. The molecule has 2 N–H and O–H groups in total. The normalized spacial score (nSPS) is 15.2. The Bertz CT molecular complexity index is 1310. The van der Waals surface area contributed by atoms with Crippen LogP contribution in [0.25, 0.3) is 17.4 Å². The van der Waals surface area contributed by atoms with E-state index < -0.39 is 17.8 Å². The number of halogens is 1. The van der Waals surface area contributed by atoms with Crippen molar-refractivity contribution in [2.24, 2.45) is 0 Å². The van der Waals surface area contributed by atoms with Gasteiger partial charge in [-0.05, 0) is 79.3 Å². The minimum atomic E-state index is -1.10. The number of thiocarbonyl (C=S) groups is 1. The van der Waals surface area contributed by atoms with Crippen LogP contribution in [0.15, 0.2) is 64.6 Å². The van der Waals surface area contributed by atoms with Crippen LogP contribution >= 0.6 is 23.8 Å². The van der Waals surface area contributed by atoms with Gasteiger partial charge in [-0.1, -0.05) is 17.7 Å². The molecule has 1 aliphatic rings. The Hall–Kier alpha value is -3.75. The fourth-order valence-electron chi connectivity index (χ4n) is 3.22. The number of rotatable bonds is 4. The first-order chi connectivity index (χ1) is 15.2. The number of furan rings is 1. The molecule has 1 aromatic heterocycles. The molecule has 1 fully saturated rings. The summed E-state index contributed by atoms with van der Waals surface area (Å²) in [6.07, 6.45) is 1.33. The fraction of sp³-hybridized carbons (Fsp3) is 0.0435. The Balaban J connectivity index is 1.67. The van der Waals surface area contributed by atoms with E-state index in [2.05, 4.69) is 5.32 Å². The van der Waals surface area contributed by atoms with Crippen LogP contribution in [-0.4, -0.2) is 28.0 Å². The maximum absolute atomic E-state index is 13.1. The van der Waals surface area contributed by atoms with E-state index in [0.29, 0.717) is 22.2 Å². The lowest BCUT2D eigenvalue weighted by molar-refractivity contribution is -0.122. The number of benzene rings is 2. The van der Waals surface area contributed by atoms with E-state index in [9.17, 15) is 14.4 Å². The van der Waals surface area contributed by atoms with Crippen LogP contribution in [0.1, 0.15) is 21.7 Å². The summed E-state index contributed by atoms with van der Waals surface area (Å²) >= 11 is 11.2. The number of nitrogens with zero attached hydrogens (tertiary/aromatic N) is 1. The molecule has 3 aromatic rings. The SMILES string of the molecule is Cc1ccc(Cl)cc1-c1ccc(/C=C2\C(=O)NC(=S)N(c3ccc(C(=O)O)cc3)C2=O)o1. The van der Waals surface area contributed by atoms with Crippen LogP contribution < -0.4 is 10.2 Å². The van der Waals surface area contributed by atoms with Crippen molar-refractivity contribution in [1.82, 2.24) is 5.32 Å². The molecule has 1 saturated heterocycles. The van der Waals surface area contributed by atoms with Gasteiger partial charge in [-0.25, -0.2) is 4.79 Å². The minimum Gasteiger partial charge on any atom is -0.478 e. The second-order valence-electron chi connectivity index (χ2n) is 6.97. The zero-order valence-electron chi connectivity index (χ0n) is 16.6. The lowest BCUT2D eigenvalue weighted by atomic mass is 10.1. The zero-order chi connectivity index (χ0) is 23.0. The Morgan fingerprint density at radius 2 is 1.84 bits per heavy atom. The van der Waals surface area contributed by atoms with Gasteiger partial charge in [0.1, 0.15) is 17.1 Å². The summed E-state index contributed by atoms with van der Waals surface area (Å²) in [7, 11) is 0. The monoisotopic (exact) mass is 466 g/mol. The fourth-order valence-corrected chi connectivity index (χ4v) is 3.68. The van der Waals surface area contributed by atoms with Crippen molar-refractivity contribution < 1.29 is 23.9 Å². The van der Waals surface area contributed by atoms with Gasteiger partial charge in [-0.3, -0.25) is 19.8 Å². The van der Waals surface area contributed by atoms with Crippen LogP contribution in [0.5, 0.6) is 0 Å². The van der Waals surface area contributed by atoms with E-state index in [1.54, 1.807) is 24.3 Å². The first-order valence-electron chi connectivity index (χ1n) is 9.36. The molecule has 160 valence electrons. The largest absolute Gasteiger partial charge is 0.478 e. The minimum absolute atomic E-state index is 0.0587. The number of hydrogen-bond donors (Lipinski definition) is 2. The number of amides is 2. The van der Waals surface area contributed by atoms with E-state index in [0.717, 1.165) is 16.0 Å². The number of nitrogens with one attached hydrogen (secondary N) is 1. The van der Waals surface area contributed by atoms with E-state index in [1.807, 2.05) is 13.0 Å². The molecule has 9 heteroatoms. The topological polar surface area (TPSA) is 99.9 Å². The molecule has 2 heterocycles. The van der Waals surface area contributed by atoms with Crippen LogP contribution in [-0.2, 0) is 9.59 Å². The quantitative estimate of drug-likeness (QED) is 0.335. The van der Waals surface area contributed by atoms with Crippen molar-refractivity contribution in [3.8, 4) is 11.3 Å². The van der Waals surface area contributed by atoms with Crippen molar-refractivity contribution >= 4 is 58.5 Å². The highest BCUT2D eigenvalue weighted by Crippen LogP contribution is 2.30. The summed E-state index contributed by atoms with van der Waals surface area (Å²) < 4.78 is 5.83. The van der Waals surface area contributed by atoms with Crippen molar-refractivity contribution in [3.05, 3.63) is 82.1 Å². The maximum atomic E-state index is 13.1. The van der Waals surface area contributed by atoms with Crippen molar-refractivity contribution in [3.63, 3.8) is 0 Å². The van der Waals surface area contributed by atoms with Gasteiger partial charge >= 0.3 is 5.97 Å². The lowest BCUT2D eigenvalue weighted by Crippen LogP contribution is -2.54. The molecule has 0 atom stereocenters. The number of hydrogen-bond acceptors (Lipinski definition) is 5. The number of aromatic carboxylic acids is 1. The Morgan fingerprint density at radius 1 is 1.12 bits per heavy atom. The number of aryl methyl sites for hydroxylation is 1. The number of carboxylic acids is 1. The number of carbonyl (C=O) groups excluding carboxylic acids is 2. The first kappa shape index (κ1) is 21.5. The Kier molecular flexibility index (Phi) is 5.65. The van der Waals surface area contributed by atoms with Gasteiger partial charge in [0, 0.05) is 10.6 Å². The molecular formula is C23H15ClN2O5S. The van der Waals surface area contributed by atoms with Crippen LogP contribution in [0.4, 0.5) is 5.69 Å². The third kappa shape index (κ3) is 4.05. The van der Waals surface area contributed by atoms with Crippen molar-refractivity contribution in [2.45, 2.75) is 6.92 Å². The number of carboxylic acid groups (broad SMARTS) is 1. The maximum Gasteiger partial charge on any atom is 0.335 e. The smallest absolute Gasteiger partial charge is 0.335 e. The standard InChI is InChI=1S/C23H15ClN2O5S/c1-12-2-5-14(24)10-17(12)19-9-8-16(31-19)11-18-20(27)25-23(32)26(21(18)28)15-6-3-13(4-7-15)22(29)30/h2-11H,1H3,(H,29,30)(H,25,27,32)/b18-11+. The van der Waals surface area contributed by atoms with Gasteiger partial charge in [0.05, 0.1) is 11.3 Å². The number of carbonyl (C=O) groups is 3. The third-order valence-electron chi connectivity index (χ3n) is 4.85. The molecule has 1 aliphatic heterocycles. The average molecular weight is 467 g/mol. The van der Waals surface area contributed by atoms with E-state index in [-0.39, 0.29) is 16.2 Å². The third-order valence-corrected chi connectivity index (χ3v) is 5.37. The van der Waals surface area contributed by atoms with E-state index >= 15 is 0 Å². The van der Waals surface area contributed by atoms with Gasteiger partial charge in [0.25, 0.3) is 11.8 Å². The highest BCUT2D eigenvalue weighted by atomic mass is 35.5. The first-order valence-corrected chi connectivity index (χ1v) is 10.1. The molecule has 0 bridgehead atoms. The molecule has 32 heavy (non-hydrogen) atoms. The highest BCUT2D eigenvalue weighted by molar-refractivity contribution is 7.80. The summed E-state index contributed by atoms with van der Waals surface area (Å²) in [4.78, 5) is 37.7. The van der Waals surface area contributed by atoms with Gasteiger partial charge < -0.3 is 9.52 Å². The molecule has 2 amide bonds. The van der Waals surface area contributed by atoms with Crippen molar-refractivity contribution in [2.75, 3.05) is 4.90 Å². The van der Waals surface area contributed by atoms with Crippen molar-refractivity contribution in [1.29, 1.82) is 0 Å². The van der Waals surface area contributed by atoms with E-state index in [4.69, 9.17) is 33.3 Å². The molecule has 4 rings (SSSR count). The summed E-state index contributed by atoms with van der Waals surface area (Å²) in [5, 5.41) is 12.0. The van der Waals surface area contributed by atoms with Crippen LogP contribution in [0.2, 0.25) is 5.02 Å². The predicted molar refractivity (Wildman–Crippen MR) is 123 cm³/mol. The lowest BCUT2D eigenvalue weighted by Gasteiger charge is -2.28. The summed E-state index contributed by atoms with van der Waals surface area (Å²) in [6, 6.07) is 14.4.